The summed E-state index contributed by atoms with van der Waals surface area (Å²) in [7, 11) is -1.16. The largest absolute Gasteiger partial charge is 0.395 e. The number of hydrogen-bond acceptors (Lipinski definition) is 4. The summed E-state index contributed by atoms with van der Waals surface area (Å²) in [5, 5.41) is 8.75. The molecule has 0 radical (unpaired) electrons. The van der Waals surface area contributed by atoms with Gasteiger partial charge in [-0.1, -0.05) is 12.1 Å². The molecule has 0 fully saturated rings. The Labute approximate surface area is 103 Å². The SMILES string of the molecule is CN(CCO)CCc1ccc(S(C)(=O)=O)cc1. The van der Waals surface area contributed by atoms with E-state index in [0.29, 0.717) is 11.4 Å². The molecule has 0 amide bonds. The Morgan fingerprint density at radius 1 is 1.18 bits per heavy atom. The lowest BCUT2D eigenvalue weighted by molar-refractivity contribution is 0.223. The van der Waals surface area contributed by atoms with Gasteiger partial charge in [0.05, 0.1) is 11.5 Å². The molecule has 0 saturated carbocycles. The molecule has 0 bridgehead atoms. The summed E-state index contributed by atoms with van der Waals surface area (Å²) in [6.07, 6.45) is 2.05. The lowest BCUT2D eigenvalue weighted by Crippen LogP contribution is -2.24. The number of hydrogen-bond donors (Lipinski definition) is 1. The third-order valence-corrected chi connectivity index (χ3v) is 3.74. The zero-order chi connectivity index (χ0) is 12.9. The number of benzene rings is 1. The molecule has 17 heavy (non-hydrogen) atoms. The Bertz CT molecular complexity index is 439. The van der Waals surface area contributed by atoms with Gasteiger partial charge >= 0.3 is 0 Å². The fourth-order valence-corrected chi connectivity index (χ4v) is 2.14. The maximum absolute atomic E-state index is 11.3. The first kappa shape index (κ1) is 14.2. The maximum atomic E-state index is 11.3. The van der Waals surface area contributed by atoms with E-state index in [1.165, 1.54) is 6.26 Å². The molecule has 0 heterocycles. The maximum Gasteiger partial charge on any atom is 0.175 e. The van der Waals surface area contributed by atoms with Crippen molar-refractivity contribution in [3.05, 3.63) is 29.8 Å². The molecule has 0 spiro atoms. The summed E-state index contributed by atoms with van der Waals surface area (Å²) in [5.41, 5.74) is 1.10. The van der Waals surface area contributed by atoms with Crippen LogP contribution >= 0.6 is 0 Å². The van der Waals surface area contributed by atoms with Crippen LogP contribution in [0.25, 0.3) is 0 Å². The fourth-order valence-electron chi connectivity index (χ4n) is 1.51. The molecule has 0 aromatic heterocycles. The van der Waals surface area contributed by atoms with E-state index in [1.807, 2.05) is 24.1 Å². The van der Waals surface area contributed by atoms with E-state index in [0.717, 1.165) is 18.5 Å². The van der Waals surface area contributed by atoms with Gasteiger partial charge in [-0.25, -0.2) is 8.42 Å². The van der Waals surface area contributed by atoms with Crippen LogP contribution in [-0.2, 0) is 16.3 Å². The Morgan fingerprint density at radius 3 is 2.24 bits per heavy atom. The minimum Gasteiger partial charge on any atom is -0.395 e. The van der Waals surface area contributed by atoms with E-state index in [9.17, 15) is 8.42 Å². The molecule has 1 aromatic rings. The lowest BCUT2D eigenvalue weighted by Gasteiger charge is -2.14. The molecule has 1 rings (SSSR count). The van der Waals surface area contributed by atoms with Crippen molar-refractivity contribution in [1.29, 1.82) is 0 Å². The highest BCUT2D eigenvalue weighted by molar-refractivity contribution is 7.90. The van der Waals surface area contributed by atoms with Crippen LogP contribution in [0.2, 0.25) is 0 Å². The first-order chi connectivity index (χ1) is 7.93. The summed E-state index contributed by atoms with van der Waals surface area (Å²) in [6, 6.07) is 6.94. The molecule has 5 heteroatoms. The molecular weight excluding hydrogens is 238 g/mol. The first-order valence-corrected chi connectivity index (χ1v) is 7.41. The van der Waals surface area contributed by atoms with Crippen LogP contribution in [-0.4, -0.2) is 51.4 Å². The quantitative estimate of drug-likeness (QED) is 0.809. The van der Waals surface area contributed by atoms with Gasteiger partial charge in [-0.2, -0.15) is 0 Å². The van der Waals surface area contributed by atoms with Gasteiger partial charge in [0.1, 0.15) is 0 Å². The van der Waals surface area contributed by atoms with Crippen LogP contribution in [0.1, 0.15) is 5.56 Å². The number of sulfone groups is 1. The van der Waals surface area contributed by atoms with E-state index < -0.39 is 9.84 Å². The minimum absolute atomic E-state index is 0.156. The van der Waals surface area contributed by atoms with Crippen molar-refractivity contribution < 1.29 is 13.5 Å². The smallest absolute Gasteiger partial charge is 0.175 e. The fraction of sp³-hybridized carbons (Fsp3) is 0.500. The monoisotopic (exact) mass is 257 g/mol. The third-order valence-electron chi connectivity index (χ3n) is 2.62. The van der Waals surface area contributed by atoms with E-state index >= 15 is 0 Å². The highest BCUT2D eigenvalue weighted by atomic mass is 32.2. The Kier molecular flexibility index (Phi) is 5.11. The molecule has 0 unspecified atom stereocenters. The summed E-state index contributed by atoms with van der Waals surface area (Å²) >= 11 is 0. The highest BCUT2D eigenvalue weighted by Gasteiger charge is 2.06. The molecule has 0 aliphatic rings. The predicted octanol–water partition coefficient (Wildman–Crippen LogP) is 0.557. The molecule has 1 aromatic carbocycles. The topological polar surface area (TPSA) is 57.6 Å². The van der Waals surface area contributed by atoms with Gasteiger partial charge in [-0.15, -0.1) is 0 Å². The van der Waals surface area contributed by atoms with Gasteiger partial charge in [0.15, 0.2) is 9.84 Å². The van der Waals surface area contributed by atoms with Crippen LogP contribution < -0.4 is 0 Å². The van der Waals surface area contributed by atoms with Crippen molar-refractivity contribution in [3.63, 3.8) is 0 Å². The van der Waals surface area contributed by atoms with E-state index in [2.05, 4.69) is 0 Å². The van der Waals surface area contributed by atoms with Crippen molar-refractivity contribution in [3.8, 4) is 0 Å². The van der Waals surface area contributed by atoms with Gasteiger partial charge in [0.2, 0.25) is 0 Å². The van der Waals surface area contributed by atoms with Crippen LogP contribution in [0, 0.1) is 0 Å². The average Bonchev–Trinajstić information content (AvgIpc) is 2.26. The molecule has 0 aliphatic heterocycles. The summed E-state index contributed by atoms with van der Waals surface area (Å²) in [6.45, 7) is 1.66. The van der Waals surface area contributed by atoms with Crippen LogP contribution in [0.3, 0.4) is 0 Å². The molecular formula is C12H19NO3S. The van der Waals surface area contributed by atoms with Crippen molar-refractivity contribution >= 4 is 9.84 Å². The number of nitrogens with zero attached hydrogens (tertiary/aromatic N) is 1. The average molecular weight is 257 g/mol. The molecule has 4 nitrogen and oxygen atoms in total. The zero-order valence-electron chi connectivity index (χ0n) is 10.3. The standard InChI is InChI=1S/C12H19NO3S/c1-13(9-10-14)8-7-11-3-5-12(6-4-11)17(2,15)16/h3-6,14H,7-10H2,1-2H3. The van der Waals surface area contributed by atoms with Gasteiger partial charge < -0.3 is 10.0 Å². The van der Waals surface area contributed by atoms with Crippen LogP contribution in [0.4, 0.5) is 0 Å². The molecule has 1 N–H and O–H groups in total. The van der Waals surface area contributed by atoms with Crippen molar-refractivity contribution in [2.75, 3.05) is 33.0 Å². The van der Waals surface area contributed by atoms with Crippen molar-refractivity contribution in [2.45, 2.75) is 11.3 Å². The lowest BCUT2D eigenvalue weighted by atomic mass is 10.1. The van der Waals surface area contributed by atoms with Crippen LogP contribution in [0.15, 0.2) is 29.2 Å². The van der Waals surface area contributed by atoms with Crippen LogP contribution in [0.5, 0.6) is 0 Å². The van der Waals surface area contributed by atoms with Gasteiger partial charge in [0.25, 0.3) is 0 Å². The van der Waals surface area contributed by atoms with Gasteiger partial charge in [-0.3, -0.25) is 0 Å². The number of aliphatic hydroxyl groups is 1. The molecule has 0 aliphatic carbocycles. The molecule has 0 saturated heterocycles. The minimum atomic E-state index is -3.10. The van der Waals surface area contributed by atoms with Gasteiger partial charge in [0, 0.05) is 19.3 Å². The summed E-state index contributed by atoms with van der Waals surface area (Å²) in [4.78, 5) is 2.38. The number of likely N-dealkylation sites (N-methyl/N-ethyl adjacent to an activating group) is 1. The Morgan fingerprint density at radius 2 is 1.76 bits per heavy atom. The Balaban J connectivity index is 2.57. The van der Waals surface area contributed by atoms with Gasteiger partial charge in [-0.05, 0) is 31.2 Å². The summed E-state index contributed by atoms with van der Waals surface area (Å²) in [5.74, 6) is 0. The molecule has 96 valence electrons. The Hall–Kier alpha value is -0.910. The van der Waals surface area contributed by atoms with Crippen molar-refractivity contribution in [2.24, 2.45) is 0 Å². The van der Waals surface area contributed by atoms with E-state index in [1.54, 1.807) is 12.1 Å². The zero-order valence-corrected chi connectivity index (χ0v) is 11.1. The van der Waals surface area contributed by atoms with E-state index in [-0.39, 0.29) is 6.61 Å². The number of rotatable bonds is 6. The third kappa shape index (κ3) is 4.85. The first-order valence-electron chi connectivity index (χ1n) is 5.52. The second-order valence-corrected chi connectivity index (χ2v) is 6.21. The highest BCUT2D eigenvalue weighted by Crippen LogP contribution is 2.10. The van der Waals surface area contributed by atoms with Crippen molar-refractivity contribution in [1.82, 2.24) is 4.90 Å². The second-order valence-electron chi connectivity index (χ2n) is 4.19. The summed E-state index contributed by atoms with van der Waals surface area (Å²) < 4.78 is 22.5. The molecule has 0 atom stereocenters. The normalized spacial score (nSPS) is 12.0. The second kappa shape index (κ2) is 6.14. The van der Waals surface area contributed by atoms with E-state index in [4.69, 9.17) is 5.11 Å². The number of aliphatic hydroxyl groups excluding tert-OH is 1. The predicted molar refractivity (Wildman–Crippen MR) is 67.8 cm³/mol.